The normalized spacial score (nSPS) is 17.7. The van der Waals surface area contributed by atoms with Crippen molar-refractivity contribution in [3.05, 3.63) is 35.4 Å². The van der Waals surface area contributed by atoms with Crippen LogP contribution in [-0.4, -0.2) is 52.9 Å². The van der Waals surface area contributed by atoms with Crippen LogP contribution in [0.3, 0.4) is 0 Å². The van der Waals surface area contributed by atoms with Crippen molar-refractivity contribution in [1.29, 1.82) is 0 Å². The lowest BCUT2D eigenvalue weighted by Crippen LogP contribution is -2.34. The summed E-state index contributed by atoms with van der Waals surface area (Å²) in [4.78, 5) is 14.3. The van der Waals surface area contributed by atoms with Crippen molar-refractivity contribution < 1.29 is 4.79 Å². The Hall–Kier alpha value is -1.64. The highest BCUT2D eigenvalue weighted by Crippen LogP contribution is 2.29. The number of hydrogen-bond donors (Lipinski definition) is 2. The molecule has 6 nitrogen and oxygen atoms in total. The number of carbonyl (C=O) groups excluding carboxylic acids is 1. The molecule has 134 valence electrons. The van der Waals surface area contributed by atoms with Crippen molar-refractivity contribution in [3.63, 3.8) is 0 Å². The third kappa shape index (κ3) is 5.17. The molecule has 0 bridgehead atoms. The summed E-state index contributed by atoms with van der Waals surface area (Å²) in [5.41, 5.74) is 8.36. The van der Waals surface area contributed by atoms with E-state index in [0.29, 0.717) is 23.3 Å². The largest absolute Gasteiger partial charge is 0.374 e. The van der Waals surface area contributed by atoms with Crippen LogP contribution in [0.4, 0.5) is 5.13 Å². The number of likely N-dealkylation sites (tertiary alicyclic amines) is 1. The Morgan fingerprint density at radius 1 is 1.44 bits per heavy atom. The number of nitrogens with two attached hydrogens (primary N) is 1. The third-order valence-corrected chi connectivity index (χ3v) is 6.29. The number of aromatic nitrogens is 2. The second-order valence-electron chi connectivity index (χ2n) is 6.19. The lowest BCUT2D eigenvalue weighted by atomic mass is 9.94. The second-order valence-corrected chi connectivity index (χ2v) is 8.42. The van der Waals surface area contributed by atoms with Gasteiger partial charge in [-0.15, -0.1) is 10.2 Å². The molecule has 3 N–H and O–H groups in total. The van der Waals surface area contributed by atoms with Gasteiger partial charge in [-0.1, -0.05) is 47.4 Å². The van der Waals surface area contributed by atoms with E-state index in [2.05, 4.69) is 51.6 Å². The van der Waals surface area contributed by atoms with Gasteiger partial charge in [0.25, 0.3) is 0 Å². The monoisotopic (exact) mass is 377 g/mol. The van der Waals surface area contributed by atoms with Gasteiger partial charge in [0, 0.05) is 19.6 Å². The third-order valence-electron chi connectivity index (χ3n) is 4.40. The van der Waals surface area contributed by atoms with Crippen molar-refractivity contribution in [2.75, 3.05) is 37.7 Å². The molecular formula is C17H23N5OS2. The van der Waals surface area contributed by atoms with Gasteiger partial charge in [-0.05, 0) is 36.9 Å². The highest BCUT2D eigenvalue weighted by Gasteiger charge is 2.24. The predicted octanol–water partition coefficient (Wildman–Crippen LogP) is 2.13. The molecule has 0 unspecified atom stereocenters. The van der Waals surface area contributed by atoms with E-state index in [1.807, 2.05) is 0 Å². The Kier molecular flexibility index (Phi) is 6.28. The molecule has 1 saturated heterocycles. The molecule has 1 aliphatic rings. The van der Waals surface area contributed by atoms with Gasteiger partial charge in [0.15, 0.2) is 4.34 Å². The molecule has 2 heterocycles. The van der Waals surface area contributed by atoms with E-state index >= 15 is 0 Å². The summed E-state index contributed by atoms with van der Waals surface area (Å²) in [7, 11) is 0. The smallest absolute Gasteiger partial charge is 0.230 e. The van der Waals surface area contributed by atoms with Gasteiger partial charge in [0.05, 0.1) is 5.75 Å². The average Bonchev–Trinajstić information content (AvgIpc) is 3.22. The lowest BCUT2D eigenvalue weighted by Gasteiger charge is -2.17. The van der Waals surface area contributed by atoms with Gasteiger partial charge in [-0.3, -0.25) is 4.79 Å². The predicted molar refractivity (Wildman–Crippen MR) is 103 cm³/mol. The number of nitrogen functional groups attached to an aromatic ring is 1. The number of aryl methyl sites for hydroxylation is 1. The van der Waals surface area contributed by atoms with Crippen molar-refractivity contribution in [3.8, 4) is 0 Å². The molecular weight excluding hydrogens is 354 g/mol. The van der Waals surface area contributed by atoms with E-state index < -0.39 is 0 Å². The van der Waals surface area contributed by atoms with Crippen molar-refractivity contribution in [2.24, 2.45) is 0 Å². The van der Waals surface area contributed by atoms with E-state index in [-0.39, 0.29) is 5.91 Å². The molecule has 1 aromatic heterocycles. The maximum Gasteiger partial charge on any atom is 0.230 e. The van der Waals surface area contributed by atoms with Crippen LogP contribution < -0.4 is 11.1 Å². The molecule has 8 heteroatoms. The fourth-order valence-corrected chi connectivity index (χ4v) is 4.61. The minimum atomic E-state index is 0.0217. The zero-order chi connectivity index (χ0) is 17.6. The van der Waals surface area contributed by atoms with Crippen LogP contribution in [0.25, 0.3) is 0 Å². The molecule has 1 amide bonds. The first-order valence-corrected chi connectivity index (χ1v) is 10.2. The SMILES string of the molecule is Cc1ccccc1[C@H]1CCN(CCNC(=O)CSc2nnc(N)s2)C1. The number of thioether (sulfide) groups is 1. The van der Waals surface area contributed by atoms with Crippen LogP contribution in [0, 0.1) is 6.92 Å². The first-order chi connectivity index (χ1) is 12.1. The first-order valence-electron chi connectivity index (χ1n) is 8.38. The van der Waals surface area contributed by atoms with Crippen molar-refractivity contribution in [2.45, 2.75) is 23.6 Å². The highest BCUT2D eigenvalue weighted by molar-refractivity contribution is 8.01. The molecule has 2 aromatic rings. The van der Waals surface area contributed by atoms with Crippen LogP contribution in [0.2, 0.25) is 0 Å². The summed E-state index contributed by atoms with van der Waals surface area (Å²) in [6, 6.07) is 8.63. The van der Waals surface area contributed by atoms with Crippen LogP contribution in [-0.2, 0) is 4.79 Å². The average molecular weight is 378 g/mol. The minimum Gasteiger partial charge on any atom is -0.374 e. The molecule has 1 fully saturated rings. The summed E-state index contributed by atoms with van der Waals surface area (Å²) in [6.45, 7) is 5.91. The number of nitrogens with one attached hydrogen (secondary N) is 1. The topological polar surface area (TPSA) is 84.1 Å². The van der Waals surface area contributed by atoms with E-state index in [1.54, 1.807) is 0 Å². The number of rotatable bonds is 7. The van der Waals surface area contributed by atoms with Gasteiger partial charge < -0.3 is 16.0 Å². The maximum atomic E-state index is 11.9. The fraction of sp³-hybridized carbons (Fsp3) is 0.471. The standard InChI is InChI=1S/C17H23N5OS2/c1-12-4-2-3-5-14(12)13-6-8-22(10-13)9-7-19-15(23)11-24-17-21-20-16(18)25-17/h2-5,13H,6-11H2,1H3,(H2,18,20)(H,19,23)/t13-/m0/s1. The van der Waals surface area contributed by atoms with Crippen LogP contribution in [0.1, 0.15) is 23.5 Å². The number of amides is 1. The van der Waals surface area contributed by atoms with Crippen molar-refractivity contribution in [1.82, 2.24) is 20.4 Å². The highest BCUT2D eigenvalue weighted by atomic mass is 32.2. The van der Waals surface area contributed by atoms with Crippen molar-refractivity contribution >= 4 is 34.1 Å². The number of nitrogens with zero attached hydrogens (tertiary/aromatic N) is 3. The molecule has 25 heavy (non-hydrogen) atoms. The van der Waals surface area contributed by atoms with Crippen LogP contribution in [0.15, 0.2) is 28.6 Å². The van der Waals surface area contributed by atoms with Gasteiger partial charge in [-0.2, -0.15) is 0 Å². The number of anilines is 1. The molecule has 0 saturated carbocycles. The van der Waals surface area contributed by atoms with E-state index in [4.69, 9.17) is 5.73 Å². The molecule has 3 rings (SSSR count). The summed E-state index contributed by atoms with van der Waals surface area (Å²) < 4.78 is 0.730. The zero-order valence-corrected chi connectivity index (χ0v) is 15.9. The van der Waals surface area contributed by atoms with E-state index in [0.717, 1.165) is 24.0 Å². The summed E-state index contributed by atoms with van der Waals surface area (Å²) in [5, 5.41) is 11.0. The number of hydrogen-bond acceptors (Lipinski definition) is 7. The molecule has 0 radical (unpaired) electrons. The maximum absolute atomic E-state index is 11.9. The Morgan fingerprint density at radius 3 is 3.04 bits per heavy atom. The number of benzene rings is 1. The molecule has 1 atom stereocenters. The Bertz CT molecular complexity index is 721. The summed E-state index contributed by atoms with van der Waals surface area (Å²) >= 11 is 2.67. The number of carbonyl (C=O) groups is 1. The van der Waals surface area contributed by atoms with E-state index in [1.165, 1.54) is 40.6 Å². The lowest BCUT2D eigenvalue weighted by molar-refractivity contribution is -0.118. The van der Waals surface area contributed by atoms with Gasteiger partial charge in [-0.25, -0.2) is 0 Å². The molecule has 0 spiro atoms. The zero-order valence-electron chi connectivity index (χ0n) is 14.3. The van der Waals surface area contributed by atoms with Crippen LogP contribution >= 0.6 is 23.1 Å². The van der Waals surface area contributed by atoms with Crippen LogP contribution in [0.5, 0.6) is 0 Å². The van der Waals surface area contributed by atoms with Gasteiger partial charge in [0.2, 0.25) is 11.0 Å². The molecule has 1 aromatic carbocycles. The molecule has 1 aliphatic heterocycles. The summed E-state index contributed by atoms with van der Waals surface area (Å²) in [6.07, 6.45) is 1.19. The Labute approximate surface area is 156 Å². The van der Waals surface area contributed by atoms with Gasteiger partial charge in [0.1, 0.15) is 0 Å². The molecule has 0 aliphatic carbocycles. The first kappa shape index (κ1) is 18.2. The Morgan fingerprint density at radius 2 is 2.28 bits per heavy atom. The minimum absolute atomic E-state index is 0.0217. The Balaban J connectivity index is 1.35. The van der Waals surface area contributed by atoms with E-state index in [9.17, 15) is 4.79 Å². The second kappa shape index (κ2) is 8.64. The summed E-state index contributed by atoms with van der Waals surface area (Å²) in [5.74, 6) is 0.976. The fourth-order valence-electron chi connectivity index (χ4n) is 3.14. The quantitative estimate of drug-likeness (QED) is 0.719. The van der Waals surface area contributed by atoms with Gasteiger partial charge >= 0.3 is 0 Å².